The van der Waals surface area contributed by atoms with E-state index in [9.17, 15) is 35.1 Å². The summed E-state index contributed by atoms with van der Waals surface area (Å²) in [6.07, 6.45) is -12.6. The van der Waals surface area contributed by atoms with Gasteiger partial charge < -0.3 is 0 Å². The molecule has 0 fully saturated rings. The van der Waals surface area contributed by atoms with Crippen LogP contribution < -0.4 is 0 Å². The Morgan fingerprint density at radius 3 is 1.80 bits per heavy atom. The summed E-state index contributed by atoms with van der Waals surface area (Å²) in [6, 6.07) is 0. The van der Waals surface area contributed by atoms with E-state index in [1.807, 2.05) is 0 Å². The number of rotatable bonds is 7. The van der Waals surface area contributed by atoms with E-state index in [4.69, 9.17) is 0 Å². The van der Waals surface area contributed by atoms with Crippen molar-refractivity contribution in [3.8, 4) is 0 Å². The van der Waals surface area contributed by atoms with Gasteiger partial charge in [0.25, 0.3) is 0 Å². The molecule has 3 unspecified atom stereocenters. The number of halogens is 8. The van der Waals surface area contributed by atoms with Crippen LogP contribution in [-0.4, -0.2) is 30.4 Å². The summed E-state index contributed by atoms with van der Waals surface area (Å²) in [5.41, 5.74) is -3.71. The Morgan fingerprint density at radius 1 is 1.00 bits per heavy atom. The molecule has 0 rings (SSSR count). The average molecular weight is 332 g/mol. The molecule has 0 heterocycles. The third kappa shape index (κ3) is 6.05. The maximum Gasteiger partial charge on any atom is 0.422 e. The van der Waals surface area contributed by atoms with Gasteiger partial charge in [-0.2, -0.15) is 39.0 Å². The number of hydrogen-bond donors (Lipinski definition) is 1. The van der Waals surface area contributed by atoms with E-state index >= 15 is 0 Å². The van der Waals surface area contributed by atoms with Gasteiger partial charge in [0.15, 0.2) is 0 Å². The Balaban J connectivity index is 4.85. The predicted octanol–water partition coefficient (Wildman–Crippen LogP) is 5.14. The SMILES string of the molecule is CC(F)(CC(CF)CC(CCS)C(F)(F)F)C(F)(F)F. The van der Waals surface area contributed by atoms with Gasteiger partial charge in [0.05, 0.1) is 12.6 Å². The minimum Gasteiger partial charge on any atom is -0.251 e. The van der Waals surface area contributed by atoms with Crippen molar-refractivity contribution in [1.29, 1.82) is 0 Å². The minimum atomic E-state index is -5.24. The van der Waals surface area contributed by atoms with Gasteiger partial charge >= 0.3 is 12.4 Å². The maximum absolute atomic E-state index is 13.4. The quantitative estimate of drug-likeness (QED) is 0.484. The van der Waals surface area contributed by atoms with Gasteiger partial charge in [-0.05, 0) is 37.9 Å². The summed E-state index contributed by atoms with van der Waals surface area (Å²) in [4.78, 5) is 0. The van der Waals surface area contributed by atoms with Crippen LogP contribution in [0.25, 0.3) is 0 Å². The lowest BCUT2D eigenvalue weighted by atomic mass is 9.85. The van der Waals surface area contributed by atoms with Gasteiger partial charge in [0.1, 0.15) is 0 Å². The van der Waals surface area contributed by atoms with Crippen molar-refractivity contribution in [2.75, 3.05) is 12.4 Å². The molecule has 0 spiro atoms. The molecule has 9 heteroatoms. The smallest absolute Gasteiger partial charge is 0.251 e. The molecule has 0 amide bonds. The predicted molar refractivity (Wildman–Crippen MR) is 62.3 cm³/mol. The van der Waals surface area contributed by atoms with Crippen LogP contribution >= 0.6 is 12.6 Å². The van der Waals surface area contributed by atoms with Crippen molar-refractivity contribution in [3.63, 3.8) is 0 Å². The van der Waals surface area contributed by atoms with Gasteiger partial charge in [0.2, 0.25) is 5.67 Å². The van der Waals surface area contributed by atoms with Crippen LogP contribution in [0.2, 0.25) is 0 Å². The molecule has 0 aliphatic rings. The minimum absolute atomic E-state index is 0.144. The number of hydrogen-bond acceptors (Lipinski definition) is 1. The largest absolute Gasteiger partial charge is 0.422 e. The monoisotopic (exact) mass is 332 g/mol. The molecule has 0 nitrogen and oxygen atoms in total. The second kappa shape index (κ2) is 7.17. The molecule has 0 aromatic heterocycles. The molecule has 122 valence electrons. The first kappa shape index (κ1) is 19.8. The second-order valence-electron chi connectivity index (χ2n) is 4.91. The fourth-order valence-corrected chi connectivity index (χ4v) is 2.14. The van der Waals surface area contributed by atoms with Crippen molar-refractivity contribution in [2.24, 2.45) is 11.8 Å². The molecule has 0 N–H and O–H groups in total. The fourth-order valence-electron chi connectivity index (χ4n) is 1.83. The van der Waals surface area contributed by atoms with Gasteiger partial charge in [-0.25, -0.2) is 4.39 Å². The van der Waals surface area contributed by atoms with E-state index in [2.05, 4.69) is 12.6 Å². The molecule has 0 aromatic carbocycles. The van der Waals surface area contributed by atoms with Crippen LogP contribution in [0.1, 0.15) is 26.2 Å². The molecule has 0 saturated heterocycles. The zero-order valence-corrected chi connectivity index (χ0v) is 11.6. The standard InChI is InChI=1S/C11H16F8S/c1-9(13,11(17,18)19)5-7(6-12)4-8(2-3-20)10(14,15)16/h7-8,20H,2-6H2,1H3. The molecule has 0 aliphatic carbocycles. The Bertz CT molecular complexity index is 283. The van der Waals surface area contributed by atoms with Crippen molar-refractivity contribution in [1.82, 2.24) is 0 Å². The Labute approximate surface area is 117 Å². The van der Waals surface area contributed by atoms with Crippen molar-refractivity contribution >= 4 is 12.6 Å². The van der Waals surface area contributed by atoms with Gasteiger partial charge in [-0.1, -0.05) is 0 Å². The van der Waals surface area contributed by atoms with Gasteiger partial charge in [0, 0.05) is 0 Å². The highest BCUT2D eigenvalue weighted by molar-refractivity contribution is 7.80. The summed E-state index contributed by atoms with van der Waals surface area (Å²) < 4.78 is 101. The molecular weight excluding hydrogens is 316 g/mol. The topological polar surface area (TPSA) is 0 Å². The zero-order valence-electron chi connectivity index (χ0n) is 10.7. The summed E-state index contributed by atoms with van der Waals surface area (Å²) >= 11 is 3.63. The van der Waals surface area contributed by atoms with Crippen molar-refractivity contribution in [2.45, 2.75) is 44.2 Å². The Hall–Kier alpha value is -0.210. The van der Waals surface area contributed by atoms with E-state index < -0.39 is 55.8 Å². The molecule has 20 heavy (non-hydrogen) atoms. The van der Waals surface area contributed by atoms with Gasteiger partial charge in [-0.3, -0.25) is 4.39 Å². The van der Waals surface area contributed by atoms with Gasteiger partial charge in [-0.15, -0.1) is 0 Å². The van der Waals surface area contributed by atoms with Crippen LogP contribution in [0.5, 0.6) is 0 Å². The van der Waals surface area contributed by atoms with Crippen LogP contribution in [0, 0.1) is 11.8 Å². The first-order chi connectivity index (χ1) is 8.85. The lowest BCUT2D eigenvalue weighted by molar-refractivity contribution is -0.231. The first-order valence-corrected chi connectivity index (χ1v) is 6.47. The fraction of sp³-hybridized carbons (Fsp3) is 1.00. The van der Waals surface area contributed by atoms with E-state index in [1.54, 1.807) is 0 Å². The van der Waals surface area contributed by atoms with E-state index in [1.165, 1.54) is 0 Å². The molecule has 0 bridgehead atoms. The summed E-state index contributed by atoms with van der Waals surface area (Å²) in [7, 11) is 0. The zero-order chi connectivity index (χ0) is 16.2. The van der Waals surface area contributed by atoms with E-state index in [0.29, 0.717) is 0 Å². The second-order valence-corrected chi connectivity index (χ2v) is 5.35. The van der Waals surface area contributed by atoms with Crippen molar-refractivity contribution in [3.05, 3.63) is 0 Å². The molecule has 0 radical (unpaired) electrons. The summed E-state index contributed by atoms with van der Waals surface area (Å²) in [5, 5.41) is 0. The highest BCUT2D eigenvalue weighted by atomic mass is 32.1. The third-order valence-corrected chi connectivity index (χ3v) is 3.30. The summed E-state index contributed by atoms with van der Waals surface area (Å²) in [6.45, 7) is -1.23. The third-order valence-electron chi connectivity index (χ3n) is 3.04. The maximum atomic E-state index is 13.4. The highest BCUT2D eigenvalue weighted by Crippen LogP contribution is 2.42. The average Bonchev–Trinajstić information content (AvgIpc) is 2.24. The van der Waals surface area contributed by atoms with Crippen LogP contribution in [0.4, 0.5) is 35.1 Å². The van der Waals surface area contributed by atoms with Crippen molar-refractivity contribution < 1.29 is 35.1 Å². The number of thiol groups is 1. The summed E-state index contributed by atoms with van der Waals surface area (Å²) in [5.74, 6) is -3.77. The molecule has 0 aliphatic heterocycles. The first-order valence-electron chi connectivity index (χ1n) is 5.84. The van der Waals surface area contributed by atoms with E-state index in [-0.39, 0.29) is 12.7 Å². The number of alkyl halides is 8. The van der Waals surface area contributed by atoms with Crippen LogP contribution in [0.15, 0.2) is 0 Å². The Kier molecular flexibility index (Phi) is 7.10. The van der Waals surface area contributed by atoms with Crippen LogP contribution in [-0.2, 0) is 0 Å². The lowest BCUT2D eigenvalue weighted by Gasteiger charge is -2.29. The van der Waals surface area contributed by atoms with E-state index in [0.717, 1.165) is 0 Å². The normalized spacial score (nSPS) is 19.5. The Morgan fingerprint density at radius 2 is 1.50 bits per heavy atom. The molecule has 0 saturated carbocycles. The van der Waals surface area contributed by atoms with Crippen LogP contribution in [0.3, 0.4) is 0 Å². The lowest BCUT2D eigenvalue weighted by Crippen LogP contribution is -2.40. The molecule has 0 aromatic rings. The highest BCUT2D eigenvalue weighted by Gasteiger charge is 2.53. The molecule has 3 atom stereocenters. The molecular formula is C11H16F8S.